The molecule has 3 fully saturated rings. The Morgan fingerprint density at radius 1 is 0.714 bits per heavy atom. The molecule has 1 saturated carbocycles. The SMILES string of the molecule is C1CSC2(CCC3(CC2)NCCS3)N1. The minimum Gasteiger partial charge on any atom is -0.302 e. The van der Waals surface area contributed by atoms with Crippen LogP contribution in [0.4, 0.5) is 0 Å². The van der Waals surface area contributed by atoms with E-state index >= 15 is 0 Å². The fourth-order valence-electron chi connectivity index (χ4n) is 2.85. The number of rotatable bonds is 0. The standard InChI is InChI=1S/C10H18N2S2/c1-2-10(12-6-8-14-10)4-3-9(1)11-5-7-13-9/h11-12H,1-8H2. The first-order valence-corrected chi connectivity index (χ1v) is 7.58. The second-order valence-corrected chi connectivity index (χ2v) is 7.50. The van der Waals surface area contributed by atoms with Crippen molar-refractivity contribution in [3.05, 3.63) is 0 Å². The summed E-state index contributed by atoms with van der Waals surface area (Å²) in [6.45, 7) is 2.44. The van der Waals surface area contributed by atoms with E-state index in [0.29, 0.717) is 9.74 Å². The molecule has 2 N–H and O–H groups in total. The second-order valence-electron chi connectivity index (χ2n) is 4.54. The predicted octanol–water partition coefficient (Wildman–Crippen LogP) is 1.63. The average Bonchev–Trinajstić information content (AvgIpc) is 2.81. The van der Waals surface area contributed by atoms with Gasteiger partial charge in [0.2, 0.25) is 0 Å². The van der Waals surface area contributed by atoms with Gasteiger partial charge in [-0.2, -0.15) is 0 Å². The lowest BCUT2D eigenvalue weighted by molar-refractivity contribution is 0.280. The largest absolute Gasteiger partial charge is 0.302 e. The van der Waals surface area contributed by atoms with Crippen LogP contribution < -0.4 is 10.6 Å². The average molecular weight is 230 g/mol. The molecular formula is C10H18N2S2. The first kappa shape index (κ1) is 9.82. The fourth-order valence-corrected chi connectivity index (χ4v) is 5.44. The number of hydrogen-bond acceptors (Lipinski definition) is 4. The van der Waals surface area contributed by atoms with E-state index in [0.717, 1.165) is 0 Å². The molecular weight excluding hydrogens is 212 g/mol. The van der Waals surface area contributed by atoms with Gasteiger partial charge in [0.25, 0.3) is 0 Å². The molecule has 3 rings (SSSR count). The highest BCUT2D eigenvalue weighted by Gasteiger charge is 2.45. The Labute approximate surface area is 94.4 Å². The first-order valence-electron chi connectivity index (χ1n) is 5.61. The summed E-state index contributed by atoms with van der Waals surface area (Å²) >= 11 is 4.32. The molecule has 2 aliphatic heterocycles. The Balaban J connectivity index is 1.66. The summed E-state index contributed by atoms with van der Waals surface area (Å²) in [5.41, 5.74) is 0. The van der Waals surface area contributed by atoms with Gasteiger partial charge in [-0.05, 0) is 25.7 Å². The maximum absolute atomic E-state index is 3.70. The van der Waals surface area contributed by atoms with E-state index in [1.165, 1.54) is 50.3 Å². The van der Waals surface area contributed by atoms with E-state index in [2.05, 4.69) is 34.2 Å². The Morgan fingerprint density at radius 2 is 1.14 bits per heavy atom. The van der Waals surface area contributed by atoms with Crippen LogP contribution in [0.5, 0.6) is 0 Å². The Kier molecular flexibility index (Phi) is 2.51. The summed E-state index contributed by atoms with van der Waals surface area (Å²) in [6, 6.07) is 0. The lowest BCUT2D eigenvalue weighted by Gasteiger charge is -2.42. The van der Waals surface area contributed by atoms with Gasteiger partial charge in [-0.15, -0.1) is 23.5 Å². The third kappa shape index (κ3) is 1.60. The van der Waals surface area contributed by atoms with Crippen LogP contribution in [0, 0.1) is 0 Å². The van der Waals surface area contributed by atoms with Gasteiger partial charge in [0.05, 0.1) is 9.74 Å². The molecule has 14 heavy (non-hydrogen) atoms. The molecule has 0 aromatic heterocycles. The van der Waals surface area contributed by atoms with Gasteiger partial charge in [0.1, 0.15) is 0 Å². The molecule has 2 nitrogen and oxygen atoms in total. The van der Waals surface area contributed by atoms with Crippen molar-refractivity contribution in [1.29, 1.82) is 0 Å². The minimum atomic E-state index is 0.468. The number of nitrogens with one attached hydrogen (secondary N) is 2. The van der Waals surface area contributed by atoms with Gasteiger partial charge in [-0.3, -0.25) is 0 Å². The summed E-state index contributed by atoms with van der Waals surface area (Å²) in [6.07, 6.45) is 5.44. The number of thioether (sulfide) groups is 2. The molecule has 0 aromatic rings. The highest BCUT2D eigenvalue weighted by Crippen LogP contribution is 2.48. The smallest absolute Gasteiger partial charge is 0.0647 e. The molecule has 80 valence electrons. The molecule has 0 atom stereocenters. The summed E-state index contributed by atoms with van der Waals surface area (Å²) < 4.78 is 0. The normalized spacial score (nSPS) is 48.0. The molecule has 0 amide bonds. The van der Waals surface area contributed by atoms with Crippen LogP contribution in [-0.4, -0.2) is 34.3 Å². The van der Waals surface area contributed by atoms with E-state index < -0.39 is 0 Å². The van der Waals surface area contributed by atoms with Crippen molar-refractivity contribution >= 4 is 23.5 Å². The van der Waals surface area contributed by atoms with Crippen LogP contribution in [0.25, 0.3) is 0 Å². The van der Waals surface area contributed by atoms with Crippen molar-refractivity contribution in [3.8, 4) is 0 Å². The summed E-state index contributed by atoms with van der Waals surface area (Å²) in [5, 5.41) is 7.41. The predicted molar refractivity (Wildman–Crippen MR) is 64.9 cm³/mol. The van der Waals surface area contributed by atoms with Gasteiger partial charge in [0.15, 0.2) is 0 Å². The molecule has 0 bridgehead atoms. The van der Waals surface area contributed by atoms with Crippen LogP contribution in [0.15, 0.2) is 0 Å². The van der Waals surface area contributed by atoms with Crippen LogP contribution >= 0.6 is 23.5 Å². The molecule has 0 radical (unpaired) electrons. The molecule has 2 saturated heterocycles. The molecule has 2 heterocycles. The zero-order chi connectivity index (χ0) is 9.49. The van der Waals surface area contributed by atoms with Gasteiger partial charge < -0.3 is 10.6 Å². The highest BCUT2D eigenvalue weighted by molar-refractivity contribution is 8.01. The molecule has 0 unspecified atom stereocenters. The quantitative estimate of drug-likeness (QED) is 0.660. The zero-order valence-corrected chi connectivity index (χ0v) is 10.1. The lowest BCUT2D eigenvalue weighted by Crippen LogP contribution is -2.49. The van der Waals surface area contributed by atoms with Crippen molar-refractivity contribution in [2.75, 3.05) is 24.6 Å². The third-order valence-electron chi connectivity index (χ3n) is 3.72. The van der Waals surface area contributed by atoms with Crippen molar-refractivity contribution < 1.29 is 0 Å². The van der Waals surface area contributed by atoms with Gasteiger partial charge >= 0.3 is 0 Å². The van der Waals surface area contributed by atoms with E-state index in [4.69, 9.17) is 0 Å². The Bertz CT molecular complexity index is 184. The van der Waals surface area contributed by atoms with E-state index in [1.807, 2.05) is 0 Å². The fraction of sp³-hybridized carbons (Fsp3) is 1.00. The van der Waals surface area contributed by atoms with Gasteiger partial charge in [-0.25, -0.2) is 0 Å². The van der Waals surface area contributed by atoms with Crippen LogP contribution in [0.1, 0.15) is 25.7 Å². The van der Waals surface area contributed by atoms with Crippen LogP contribution in [-0.2, 0) is 0 Å². The monoisotopic (exact) mass is 230 g/mol. The van der Waals surface area contributed by atoms with Crippen molar-refractivity contribution in [2.24, 2.45) is 0 Å². The summed E-state index contributed by atoms with van der Waals surface area (Å²) in [7, 11) is 0. The maximum Gasteiger partial charge on any atom is 0.0647 e. The van der Waals surface area contributed by atoms with E-state index in [-0.39, 0.29) is 0 Å². The van der Waals surface area contributed by atoms with E-state index in [1.54, 1.807) is 0 Å². The number of hydrogen-bond donors (Lipinski definition) is 2. The second kappa shape index (κ2) is 3.58. The highest BCUT2D eigenvalue weighted by atomic mass is 32.2. The maximum atomic E-state index is 3.70. The summed E-state index contributed by atoms with van der Waals surface area (Å²) in [4.78, 5) is 0.937. The summed E-state index contributed by atoms with van der Waals surface area (Å²) in [5.74, 6) is 2.63. The van der Waals surface area contributed by atoms with Crippen LogP contribution in [0.3, 0.4) is 0 Å². The third-order valence-corrected chi connectivity index (χ3v) is 6.75. The van der Waals surface area contributed by atoms with Crippen molar-refractivity contribution in [1.82, 2.24) is 10.6 Å². The first-order chi connectivity index (χ1) is 6.83. The topological polar surface area (TPSA) is 24.1 Å². The molecule has 3 aliphatic rings. The minimum absolute atomic E-state index is 0.468. The molecule has 2 spiro atoms. The molecule has 1 aliphatic carbocycles. The Hall–Kier alpha value is 0.620. The van der Waals surface area contributed by atoms with Crippen LogP contribution in [0.2, 0.25) is 0 Å². The zero-order valence-electron chi connectivity index (χ0n) is 8.47. The Morgan fingerprint density at radius 3 is 1.43 bits per heavy atom. The van der Waals surface area contributed by atoms with Gasteiger partial charge in [0, 0.05) is 24.6 Å². The molecule has 4 heteroatoms. The van der Waals surface area contributed by atoms with Gasteiger partial charge in [-0.1, -0.05) is 0 Å². The van der Waals surface area contributed by atoms with E-state index in [9.17, 15) is 0 Å². The molecule has 0 aromatic carbocycles. The lowest BCUT2D eigenvalue weighted by atomic mass is 9.90. The van der Waals surface area contributed by atoms with Crippen molar-refractivity contribution in [3.63, 3.8) is 0 Å². The van der Waals surface area contributed by atoms with Crippen molar-refractivity contribution in [2.45, 2.75) is 35.4 Å².